The van der Waals surface area contributed by atoms with Crippen LogP contribution in [0.15, 0.2) is 43.0 Å². The summed E-state index contributed by atoms with van der Waals surface area (Å²) in [7, 11) is 2.20. The highest BCUT2D eigenvalue weighted by Gasteiger charge is 2.24. The van der Waals surface area contributed by atoms with E-state index in [4.69, 9.17) is 0 Å². The molecule has 1 saturated heterocycles. The van der Waals surface area contributed by atoms with Crippen LogP contribution in [0, 0.1) is 0 Å². The summed E-state index contributed by atoms with van der Waals surface area (Å²) in [6.07, 6.45) is 7.12. The number of aromatic amines is 1. The van der Waals surface area contributed by atoms with Gasteiger partial charge in [-0.2, -0.15) is 0 Å². The average molecular weight is 266 g/mol. The molecule has 20 heavy (non-hydrogen) atoms. The Morgan fingerprint density at radius 3 is 2.95 bits per heavy atom. The van der Waals surface area contributed by atoms with Gasteiger partial charge >= 0.3 is 0 Å². The van der Waals surface area contributed by atoms with Crippen LogP contribution in [-0.4, -0.2) is 39.6 Å². The largest absolute Gasteiger partial charge is 0.331 e. The number of hydrogen-bond donors (Lipinski definition) is 1. The minimum atomic E-state index is 0.633. The van der Waals surface area contributed by atoms with Crippen LogP contribution in [0.1, 0.15) is 17.9 Å². The van der Waals surface area contributed by atoms with E-state index in [1.807, 2.05) is 6.20 Å². The third-order valence-corrected chi connectivity index (χ3v) is 4.32. The zero-order valence-corrected chi connectivity index (χ0v) is 11.6. The number of benzene rings is 1. The predicted molar refractivity (Wildman–Crippen MR) is 80.3 cm³/mol. The first-order chi connectivity index (χ1) is 9.83. The monoisotopic (exact) mass is 266 g/mol. The average Bonchev–Trinajstić information content (AvgIpc) is 3.16. The molecule has 1 atom stereocenters. The molecular formula is C16H18N4. The van der Waals surface area contributed by atoms with Gasteiger partial charge < -0.3 is 14.5 Å². The second kappa shape index (κ2) is 4.49. The Hall–Kier alpha value is -2.07. The lowest BCUT2D eigenvalue weighted by Crippen LogP contribution is -2.13. The molecule has 1 aromatic carbocycles. The van der Waals surface area contributed by atoms with Gasteiger partial charge in [-0.3, -0.25) is 0 Å². The molecule has 0 bridgehead atoms. The van der Waals surface area contributed by atoms with E-state index in [1.54, 1.807) is 6.33 Å². The van der Waals surface area contributed by atoms with E-state index in [-0.39, 0.29) is 0 Å². The van der Waals surface area contributed by atoms with Crippen molar-refractivity contribution < 1.29 is 0 Å². The van der Waals surface area contributed by atoms with Gasteiger partial charge in [0, 0.05) is 18.1 Å². The van der Waals surface area contributed by atoms with E-state index >= 15 is 0 Å². The fourth-order valence-electron chi connectivity index (χ4n) is 3.30. The standard InChI is InChI=1S/C16H18N4/c1-19-7-6-12(9-19)14-10-20(16-8-17-11-18-16)15-5-3-2-4-13(14)15/h2-5,8,10-12H,6-7,9H2,1H3,(H,17,18). The van der Waals surface area contributed by atoms with Crippen LogP contribution in [0.5, 0.6) is 0 Å². The van der Waals surface area contributed by atoms with Crippen molar-refractivity contribution in [1.29, 1.82) is 0 Å². The molecule has 0 saturated carbocycles. The van der Waals surface area contributed by atoms with Crippen molar-refractivity contribution in [2.24, 2.45) is 0 Å². The normalized spacial score (nSPS) is 19.9. The number of likely N-dealkylation sites (tertiary alicyclic amines) is 1. The maximum Gasteiger partial charge on any atom is 0.134 e. The topological polar surface area (TPSA) is 36.9 Å². The number of likely N-dealkylation sites (N-methyl/N-ethyl adjacent to an activating group) is 1. The van der Waals surface area contributed by atoms with E-state index in [2.05, 4.69) is 56.9 Å². The van der Waals surface area contributed by atoms with Crippen molar-refractivity contribution in [2.75, 3.05) is 20.1 Å². The Morgan fingerprint density at radius 2 is 2.20 bits per heavy atom. The molecule has 3 aromatic rings. The summed E-state index contributed by atoms with van der Waals surface area (Å²) in [6, 6.07) is 8.63. The first kappa shape index (κ1) is 11.7. The molecular weight excluding hydrogens is 248 g/mol. The van der Waals surface area contributed by atoms with Crippen LogP contribution < -0.4 is 0 Å². The van der Waals surface area contributed by atoms with Crippen LogP contribution in [0.2, 0.25) is 0 Å². The number of rotatable bonds is 2. The smallest absolute Gasteiger partial charge is 0.134 e. The van der Waals surface area contributed by atoms with Gasteiger partial charge in [-0.1, -0.05) is 18.2 Å². The third kappa shape index (κ3) is 1.76. The lowest BCUT2D eigenvalue weighted by atomic mass is 9.98. The van der Waals surface area contributed by atoms with Gasteiger partial charge in [0.25, 0.3) is 0 Å². The Labute approximate surface area is 118 Å². The van der Waals surface area contributed by atoms with Crippen molar-refractivity contribution in [3.8, 4) is 5.82 Å². The second-order valence-corrected chi connectivity index (χ2v) is 5.66. The van der Waals surface area contributed by atoms with Gasteiger partial charge in [0.15, 0.2) is 0 Å². The van der Waals surface area contributed by atoms with Gasteiger partial charge in [-0.15, -0.1) is 0 Å². The van der Waals surface area contributed by atoms with Gasteiger partial charge in [0.1, 0.15) is 5.82 Å². The number of fused-ring (bicyclic) bond motifs is 1. The number of hydrogen-bond acceptors (Lipinski definition) is 2. The van der Waals surface area contributed by atoms with Crippen molar-refractivity contribution in [2.45, 2.75) is 12.3 Å². The van der Waals surface area contributed by atoms with E-state index < -0.39 is 0 Å². The highest BCUT2D eigenvalue weighted by atomic mass is 15.1. The number of aromatic nitrogens is 3. The maximum atomic E-state index is 4.14. The molecule has 1 unspecified atom stereocenters. The number of H-pyrrole nitrogens is 1. The number of para-hydroxylation sites is 1. The summed E-state index contributed by atoms with van der Waals surface area (Å²) in [6.45, 7) is 2.34. The molecule has 1 N–H and O–H groups in total. The lowest BCUT2D eigenvalue weighted by Gasteiger charge is -2.09. The molecule has 1 fully saturated rings. The van der Waals surface area contributed by atoms with E-state index in [0.29, 0.717) is 5.92 Å². The van der Waals surface area contributed by atoms with Crippen LogP contribution in [-0.2, 0) is 0 Å². The maximum absolute atomic E-state index is 4.14. The number of nitrogens with one attached hydrogen (secondary N) is 1. The summed E-state index contributed by atoms with van der Waals surface area (Å²) < 4.78 is 2.22. The first-order valence-corrected chi connectivity index (χ1v) is 7.10. The van der Waals surface area contributed by atoms with Crippen LogP contribution in [0.25, 0.3) is 16.7 Å². The van der Waals surface area contributed by atoms with Gasteiger partial charge in [-0.25, -0.2) is 4.98 Å². The zero-order chi connectivity index (χ0) is 13.5. The van der Waals surface area contributed by atoms with Crippen molar-refractivity contribution in [1.82, 2.24) is 19.4 Å². The molecule has 0 spiro atoms. The Balaban J connectivity index is 1.89. The minimum absolute atomic E-state index is 0.633. The summed E-state index contributed by atoms with van der Waals surface area (Å²) in [5.41, 5.74) is 2.71. The van der Waals surface area contributed by atoms with Crippen LogP contribution in [0.4, 0.5) is 0 Å². The summed E-state index contributed by atoms with van der Waals surface area (Å²) in [5, 5.41) is 1.36. The zero-order valence-electron chi connectivity index (χ0n) is 11.6. The van der Waals surface area contributed by atoms with Crippen molar-refractivity contribution in [3.63, 3.8) is 0 Å². The van der Waals surface area contributed by atoms with Gasteiger partial charge in [-0.05, 0) is 37.6 Å². The molecule has 0 aliphatic carbocycles. The van der Waals surface area contributed by atoms with Crippen LogP contribution >= 0.6 is 0 Å². The minimum Gasteiger partial charge on any atom is -0.331 e. The summed E-state index contributed by atoms with van der Waals surface area (Å²) >= 11 is 0. The first-order valence-electron chi connectivity index (χ1n) is 7.10. The van der Waals surface area contributed by atoms with Crippen LogP contribution in [0.3, 0.4) is 0 Å². The second-order valence-electron chi connectivity index (χ2n) is 5.66. The molecule has 4 heteroatoms. The van der Waals surface area contributed by atoms with Crippen molar-refractivity contribution >= 4 is 10.9 Å². The molecule has 2 aromatic heterocycles. The van der Waals surface area contributed by atoms with E-state index in [0.717, 1.165) is 12.4 Å². The molecule has 4 nitrogen and oxygen atoms in total. The fraction of sp³-hybridized carbons (Fsp3) is 0.312. The Kier molecular flexibility index (Phi) is 2.63. The summed E-state index contributed by atoms with van der Waals surface area (Å²) in [5.74, 6) is 1.66. The highest BCUT2D eigenvalue weighted by molar-refractivity contribution is 5.86. The van der Waals surface area contributed by atoms with Crippen molar-refractivity contribution in [3.05, 3.63) is 48.5 Å². The molecule has 3 heterocycles. The Morgan fingerprint density at radius 1 is 1.30 bits per heavy atom. The SMILES string of the molecule is CN1CCC(c2cn(-c3cnc[nH]3)c3ccccc23)C1. The lowest BCUT2D eigenvalue weighted by molar-refractivity contribution is 0.412. The van der Waals surface area contributed by atoms with Gasteiger partial charge in [0.05, 0.1) is 18.0 Å². The van der Waals surface area contributed by atoms with Gasteiger partial charge in [0.2, 0.25) is 0 Å². The van der Waals surface area contributed by atoms with E-state index in [9.17, 15) is 0 Å². The van der Waals surface area contributed by atoms with E-state index in [1.165, 1.54) is 29.4 Å². The Bertz CT molecular complexity index is 726. The number of imidazole rings is 1. The fourth-order valence-corrected chi connectivity index (χ4v) is 3.30. The predicted octanol–water partition coefficient (Wildman–Crippen LogP) is 2.77. The highest BCUT2D eigenvalue weighted by Crippen LogP contribution is 2.34. The summed E-state index contributed by atoms with van der Waals surface area (Å²) in [4.78, 5) is 9.75. The molecule has 1 aliphatic rings. The molecule has 4 rings (SSSR count). The number of nitrogens with zero attached hydrogens (tertiary/aromatic N) is 3. The molecule has 0 radical (unpaired) electrons. The molecule has 0 amide bonds. The molecule has 102 valence electrons. The molecule has 1 aliphatic heterocycles. The quantitative estimate of drug-likeness (QED) is 0.774. The third-order valence-electron chi connectivity index (χ3n) is 4.32.